The fraction of sp³-hybridized carbons (Fsp3) is 0.222. The Morgan fingerprint density at radius 1 is 1.19 bits per heavy atom. The van der Waals surface area contributed by atoms with Crippen LogP contribution in [0.3, 0.4) is 0 Å². The molecule has 0 saturated heterocycles. The maximum atomic E-state index is 11.4. The third-order valence-electron chi connectivity index (χ3n) is 2.09. The van der Waals surface area contributed by atoms with Gasteiger partial charge in [0, 0.05) is 6.07 Å². The van der Waals surface area contributed by atoms with Gasteiger partial charge in [-0.15, -0.1) is 0 Å². The number of hydrogen-bond donors (Lipinski definition) is 1. The molecule has 1 aliphatic heterocycles. The SMILES string of the molecule is NC(=O)S(=O)(=O)c1ccc2c(c1)OCCO2. The number of benzene rings is 1. The van der Waals surface area contributed by atoms with Gasteiger partial charge in [0.05, 0.1) is 4.90 Å². The highest BCUT2D eigenvalue weighted by molar-refractivity contribution is 8.06. The number of carbonyl (C=O) groups is 1. The first-order valence-electron chi connectivity index (χ1n) is 4.46. The average molecular weight is 243 g/mol. The second-order valence-electron chi connectivity index (χ2n) is 3.13. The van der Waals surface area contributed by atoms with Crippen molar-refractivity contribution < 1.29 is 22.7 Å². The molecule has 0 aliphatic carbocycles. The summed E-state index contributed by atoms with van der Waals surface area (Å²) in [7, 11) is -4.11. The van der Waals surface area contributed by atoms with Crippen molar-refractivity contribution >= 4 is 15.1 Å². The van der Waals surface area contributed by atoms with E-state index in [0.29, 0.717) is 24.7 Å². The van der Waals surface area contributed by atoms with Gasteiger partial charge in [0.25, 0.3) is 9.84 Å². The number of amides is 1. The van der Waals surface area contributed by atoms with Crippen molar-refractivity contribution in [2.24, 2.45) is 5.73 Å². The van der Waals surface area contributed by atoms with Gasteiger partial charge >= 0.3 is 5.24 Å². The summed E-state index contributed by atoms with van der Waals surface area (Å²) in [4.78, 5) is 10.6. The van der Waals surface area contributed by atoms with E-state index in [-0.39, 0.29) is 4.90 Å². The smallest absolute Gasteiger partial charge is 0.338 e. The molecular formula is C9H9NO5S. The highest BCUT2D eigenvalue weighted by Gasteiger charge is 2.24. The van der Waals surface area contributed by atoms with Crippen molar-refractivity contribution in [2.75, 3.05) is 13.2 Å². The Morgan fingerprint density at radius 3 is 2.44 bits per heavy atom. The van der Waals surface area contributed by atoms with Gasteiger partial charge in [-0.1, -0.05) is 0 Å². The van der Waals surface area contributed by atoms with Gasteiger partial charge in [-0.2, -0.15) is 0 Å². The van der Waals surface area contributed by atoms with Crippen LogP contribution in [0.4, 0.5) is 4.79 Å². The van der Waals surface area contributed by atoms with Crippen LogP contribution in [-0.4, -0.2) is 26.9 Å². The predicted molar refractivity (Wildman–Crippen MR) is 54.2 cm³/mol. The maximum Gasteiger partial charge on any atom is 0.338 e. The van der Waals surface area contributed by atoms with Crippen molar-refractivity contribution in [2.45, 2.75) is 4.90 Å². The Kier molecular flexibility index (Phi) is 2.47. The molecule has 0 atom stereocenters. The Morgan fingerprint density at radius 2 is 1.81 bits per heavy atom. The lowest BCUT2D eigenvalue weighted by atomic mass is 10.3. The number of carbonyl (C=O) groups excluding carboxylic acids is 1. The molecule has 1 aromatic rings. The molecule has 86 valence electrons. The molecule has 0 unspecified atom stereocenters. The molecule has 1 aliphatic rings. The van der Waals surface area contributed by atoms with Gasteiger partial charge in [0.1, 0.15) is 13.2 Å². The van der Waals surface area contributed by atoms with E-state index in [2.05, 4.69) is 0 Å². The number of ether oxygens (including phenoxy) is 2. The molecule has 16 heavy (non-hydrogen) atoms. The minimum absolute atomic E-state index is 0.191. The number of fused-ring (bicyclic) bond motifs is 1. The standard InChI is InChI=1S/C9H9NO5S/c10-9(11)16(12,13)6-1-2-7-8(5-6)15-4-3-14-7/h1-2,5H,3-4H2,(H2,10,11). The van der Waals surface area contributed by atoms with Crippen molar-refractivity contribution in [1.29, 1.82) is 0 Å². The summed E-state index contributed by atoms with van der Waals surface area (Å²) in [5.74, 6) is 0.753. The molecule has 0 bridgehead atoms. The van der Waals surface area contributed by atoms with E-state index >= 15 is 0 Å². The zero-order chi connectivity index (χ0) is 11.8. The lowest BCUT2D eigenvalue weighted by molar-refractivity contribution is 0.171. The molecule has 0 radical (unpaired) electrons. The van der Waals surface area contributed by atoms with Crippen molar-refractivity contribution in [3.63, 3.8) is 0 Å². The molecule has 0 fully saturated rings. The fourth-order valence-electron chi connectivity index (χ4n) is 1.31. The average Bonchev–Trinajstić information content (AvgIpc) is 2.28. The third-order valence-corrected chi connectivity index (χ3v) is 3.49. The summed E-state index contributed by atoms with van der Waals surface area (Å²) in [5, 5.41) is -1.39. The normalized spacial score (nSPS) is 14.5. The summed E-state index contributed by atoms with van der Waals surface area (Å²) >= 11 is 0. The first kappa shape index (κ1) is 10.7. The Hall–Kier alpha value is -1.76. The second kappa shape index (κ2) is 3.67. The fourth-order valence-corrected chi connectivity index (χ4v) is 2.05. The Labute approximate surface area is 91.9 Å². The number of nitrogens with two attached hydrogens (primary N) is 1. The topological polar surface area (TPSA) is 95.7 Å². The van der Waals surface area contributed by atoms with Crippen LogP contribution in [0.5, 0.6) is 11.5 Å². The Balaban J connectivity index is 2.49. The summed E-state index contributed by atoms with van der Waals surface area (Å²) in [5.41, 5.74) is 4.78. The van der Waals surface area contributed by atoms with Gasteiger partial charge in [-0.25, -0.2) is 8.42 Å². The van der Waals surface area contributed by atoms with Crippen LogP contribution in [-0.2, 0) is 9.84 Å². The first-order chi connectivity index (χ1) is 7.51. The van der Waals surface area contributed by atoms with Gasteiger partial charge in [0.2, 0.25) is 0 Å². The molecule has 0 saturated carbocycles. The lowest BCUT2D eigenvalue weighted by Gasteiger charge is -2.18. The maximum absolute atomic E-state index is 11.4. The second-order valence-corrected chi connectivity index (χ2v) is 5.01. The molecule has 6 nitrogen and oxygen atoms in total. The summed E-state index contributed by atoms with van der Waals surface area (Å²) in [6, 6.07) is 3.92. The van der Waals surface area contributed by atoms with E-state index in [1.54, 1.807) is 0 Å². The summed E-state index contributed by atoms with van der Waals surface area (Å²) in [6.07, 6.45) is 0. The molecule has 2 N–H and O–H groups in total. The predicted octanol–water partition coefficient (Wildman–Crippen LogP) is 0.310. The van der Waals surface area contributed by atoms with E-state index in [1.165, 1.54) is 18.2 Å². The van der Waals surface area contributed by atoms with Crippen LogP contribution in [0.25, 0.3) is 0 Å². The Bertz CT molecular complexity index is 537. The van der Waals surface area contributed by atoms with Crippen molar-refractivity contribution in [3.8, 4) is 11.5 Å². The highest BCUT2D eigenvalue weighted by Crippen LogP contribution is 2.32. The van der Waals surface area contributed by atoms with Crippen LogP contribution in [0.15, 0.2) is 23.1 Å². The molecule has 1 aromatic carbocycles. The summed E-state index contributed by atoms with van der Waals surface area (Å²) < 4.78 is 33.3. The molecule has 1 amide bonds. The van der Waals surface area contributed by atoms with Crippen LogP contribution in [0.1, 0.15) is 0 Å². The van der Waals surface area contributed by atoms with E-state index in [0.717, 1.165) is 0 Å². The molecular weight excluding hydrogens is 234 g/mol. The number of primary amides is 1. The minimum atomic E-state index is -4.11. The molecule has 1 heterocycles. The van der Waals surface area contributed by atoms with Crippen LogP contribution < -0.4 is 15.2 Å². The number of hydrogen-bond acceptors (Lipinski definition) is 5. The largest absolute Gasteiger partial charge is 0.486 e. The van der Waals surface area contributed by atoms with Crippen molar-refractivity contribution in [1.82, 2.24) is 0 Å². The number of rotatable bonds is 1. The van der Waals surface area contributed by atoms with Gasteiger partial charge in [-0.05, 0) is 12.1 Å². The molecule has 0 spiro atoms. The van der Waals surface area contributed by atoms with E-state index in [9.17, 15) is 13.2 Å². The monoisotopic (exact) mass is 243 g/mol. The molecule has 2 rings (SSSR count). The van der Waals surface area contributed by atoms with Crippen LogP contribution in [0, 0.1) is 0 Å². The van der Waals surface area contributed by atoms with Gasteiger partial charge in [0.15, 0.2) is 11.5 Å². The molecule has 0 aromatic heterocycles. The van der Waals surface area contributed by atoms with Crippen LogP contribution in [0.2, 0.25) is 0 Å². The highest BCUT2D eigenvalue weighted by atomic mass is 32.2. The van der Waals surface area contributed by atoms with E-state index < -0.39 is 15.1 Å². The minimum Gasteiger partial charge on any atom is -0.486 e. The van der Waals surface area contributed by atoms with Crippen molar-refractivity contribution in [3.05, 3.63) is 18.2 Å². The quantitative estimate of drug-likeness (QED) is 0.765. The molecule has 7 heteroatoms. The lowest BCUT2D eigenvalue weighted by Crippen LogP contribution is -2.22. The van der Waals surface area contributed by atoms with Gasteiger partial charge in [-0.3, -0.25) is 4.79 Å². The van der Waals surface area contributed by atoms with E-state index in [1.807, 2.05) is 0 Å². The zero-order valence-corrected chi connectivity index (χ0v) is 8.99. The zero-order valence-electron chi connectivity index (χ0n) is 8.17. The number of sulfone groups is 1. The van der Waals surface area contributed by atoms with Gasteiger partial charge < -0.3 is 15.2 Å². The first-order valence-corrected chi connectivity index (χ1v) is 5.94. The van der Waals surface area contributed by atoms with E-state index in [4.69, 9.17) is 15.2 Å². The van der Waals surface area contributed by atoms with Crippen LogP contribution >= 0.6 is 0 Å². The third kappa shape index (κ3) is 1.69. The summed E-state index contributed by atoms with van der Waals surface area (Å²) in [6.45, 7) is 0.752.